The molecule has 4 rings (SSSR count). The summed E-state index contributed by atoms with van der Waals surface area (Å²) in [7, 11) is 0. The van der Waals surface area contributed by atoms with Gasteiger partial charge in [0.2, 0.25) is 0 Å². The van der Waals surface area contributed by atoms with Crippen molar-refractivity contribution in [1.82, 2.24) is 24.4 Å². The first-order valence-electron chi connectivity index (χ1n) is 10.9. The minimum absolute atomic E-state index is 0.0790. The highest BCUT2D eigenvalue weighted by atomic mass is 16.5. The number of aliphatic hydroxyl groups is 2. The van der Waals surface area contributed by atoms with Crippen LogP contribution in [0.15, 0.2) is 36.9 Å². The zero-order valence-electron chi connectivity index (χ0n) is 18.5. The van der Waals surface area contributed by atoms with Gasteiger partial charge < -0.3 is 35.9 Å². The number of hydrogen-bond donors (Lipinski definition) is 4. The molecule has 2 aromatic heterocycles. The molecule has 11 heteroatoms. The van der Waals surface area contributed by atoms with Gasteiger partial charge in [-0.2, -0.15) is 0 Å². The number of hydrogen-bond acceptors (Lipinski definition) is 9. The van der Waals surface area contributed by atoms with Gasteiger partial charge in [-0.1, -0.05) is 0 Å². The highest BCUT2D eigenvalue weighted by molar-refractivity contribution is 5.94. The monoisotopic (exact) mass is 455 g/mol. The van der Waals surface area contributed by atoms with E-state index in [4.69, 9.17) is 16.2 Å². The zero-order valence-corrected chi connectivity index (χ0v) is 18.5. The molecule has 1 aliphatic heterocycles. The molecule has 6 N–H and O–H groups in total. The quantitative estimate of drug-likeness (QED) is 0.383. The van der Waals surface area contributed by atoms with Gasteiger partial charge in [0.05, 0.1) is 30.7 Å². The van der Waals surface area contributed by atoms with Gasteiger partial charge >= 0.3 is 0 Å². The van der Waals surface area contributed by atoms with Crippen molar-refractivity contribution in [2.45, 2.75) is 37.5 Å². The number of benzene rings is 1. The van der Waals surface area contributed by atoms with Crippen molar-refractivity contribution >= 4 is 22.9 Å². The second-order valence-electron chi connectivity index (χ2n) is 8.54. The fourth-order valence-corrected chi connectivity index (χ4v) is 4.21. The van der Waals surface area contributed by atoms with Crippen molar-refractivity contribution in [3.63, 3.8) is 0 Å². The van der Waals surface area contributed by atoms with E-state index in [0.29, 0.717) is 35.6 Å². The van der Waals surface area contributed by atoms with Crippen molar-refractivity contribution in [3.05, 3.63) is 42.5 Å². The standard InChI is InChI=1S/C22H29N7O4/c1-22(32)9-15(30)10-28(21(31)14-3-5-16(6-4-14)33-8-2-7-23)11-17(22)29-13-27-18-19(24)25-12-26-20(18)29/h3-6,12-13,15,17,30,32H,2,7-11,23H2,1H3,(H2,24,25,26)/t15-,17+,22+/m0/s1. The molecule has 1 fully saturated rings. The molecule has 1 aromatic carbocycles. The van der Waals surface area contributed by atoms with E-state index in [0.717, 1.165) is 6.42 Å². The Bertz CT molecular complexity index is 1120. The van der Waals surface area contributed by atoms with E-state index in [9.17, 15) is 15.0 Å². The molecule has 0 saturated carbocycles. The van der Waals surface area contributed by atoms with E-state index >= 15 is 0 Å². The summed E-state index contributed by atoms with van der Waals surface area (Å²) in [6, 6.07) is 6.22. The number of nitrogen functional groups attached to an aromatic ring is 1. The van der Waals surface area contributed by atoms with Crippen LogP contribution < -0.4 is 16.2 Å². The Morgan fingerprint density at radius 1 is 1.24 bits per heavy atom. The predicted molar refractivity (Wildman–Crippen MR) is 122 cm³/mol. The molecule has 1 saturated heterocycles. The number of imidazole rings is 1. The molecule has 0 bridgehead atoms. The minimum Gasteiger partial charge on any atom is -0.494 e. The maximum Gasteiger partial charge on any atom is 0.254 e. The number of nitrogens with zero attached hydrogens (tertiary/aromatic N) is 5. The average Bonchev–Trinajstić information content (AvgIpc) is 3.16. The summed E-state index contributed by atoms with van der Waals surface area (Å²) in [5.74, 6) is 0.622. The molecular formula is C22H29N7O4. The predicted octanol–water partition coefficient (Wildman–Crippen LogP) is 0.335. The third-order valence-electron chi connectivity index (χ3n) is 5.92. The number of aromatic nitrogens is 4. The van der Waals surface area contributed by atoms with Crippen LogP contribution in [0.25, 0.3) is 11.2 Å². The van der Waals surface area contributed by atoms with E-state index in [1.807, 2.05) is 0 Å². The molecule has 33 heavy (non-hydrogen) atoms. The van der Waals surface area contributed by atoms with Crippen molar-refractivity contribution in [2.75, 3.05) is 32.0 Å². The highest BCUT2D eigenvalue weighted by Gasteiger charge is 2.42. The maximum absolute atomic E-state index is 13.3. The number of fused-ring (bicyclic) bond motifs is 1. The number of rotatable bonds is 6. The van der Waals surface area contributed by atoms with Gasteiger partial charge in [-0.05, 0) is 44.2 Å². The van der Waals surface area contributed by atoms with Crippen molar-refractivity contribution in [2.24, 2.45) is 5.73 Å². The second kappa shape index (κ2) is 9.30. The summed E-state index contributed by atoms with van der Waals surface area (Å²) in [5.41, 5.74) is 11.4. The fraction of sp³-hybridized carbons (Fsp3) is 0.455. The number of carbonyl (C=O) groups is 1. The van der Waals surface area contributed by atoms with Gasteiger partial charge in [-0.25, -0.2) is 15.0 Å². The Hall–Kier alpha value is -3.28. The van der Waals surface area contributed by atoms with Crippen LogP contribution in [0.4, 0.5) is 5.82 Å². The van der Waals surface area contributed by atoms with Crippen LogP contribution >= 0.6 is 0 Å². The molecule has 176 valence electrons. The number of β-amino-alcohol motifs (C(OH)–C–C–N with tert-alkyl or cyclic N) is 1. The average molecular weight is 456 g/mol. The van der Waals surface area contributed by atoms with Gasteiger partial charge in [0, 0.05) is 25.1 Å². The van der Waals surface area contributed by atoms with E-state index in [2.05, 4.69) is 15.0 Å². The molecule has 1 amide bonds. The Labute approximate surface area is 191 Å². The number of aliphatic hydroxyl groups excluding tert-OH is 1. The summed E-state index contributed by atoms with van der Waals surface area (Å²) in [6.07, 6.45) is 2.78. The first-order valence-corrected chi connectivity index (χ1v) is 10.9. The van der Waals surface area contributed by atoms with E-state index in [1.165, 1.54) is 17.6 Å². The first-order chi connectivity index (χ1) is 15.8. The van der Waals surface area contributed by atoms with Crippen LogP contribution in [0.2, 0.25) is 0 Å². The van der Waals surface area contributed by atoms with Gasteiger partial charge in [0.1, 0.15) is 17.6 Å². The molecular weight excluding hydrogens is 426 g/mol. The largest absolute Gasteiger partial charge is 0.494 e. The second-order valence-corrected chi connectivity index (χ2v) is 8.54. The maximum atomic E-state index is 13.3. The fourth-order valence-electron chi connectivity index (χ4n) is 4.21. The number of ether oxygens (including phenoxy) is 1. The Morgan fingerprint density at radius 2 is 2.00 bits per heavy atom. The van der Waals surface area contributed by atoms with Crippen molar-refractivity contribution in [3.8, 4) is 5.75 Å². The zero-order chi connectivity index (χ0) is 23.6. The molecule has 3 heterocycles. The van der Waals surface area contributed by atoms with Gasteiger partial charge in [-0.3, -0.25) is 4.79 Å². The Morgan fingerprint density at radius 3 is 2.73 bits per heavy atom. The number of carbonyl (C=O) groups excluding carboxylic acids is 1. The van der Waals surface area contributed by atoms with Gasteiger partial charge in [0.25, 0.3) is 5.91 Å². The lowest BCUT2D eigenvalue weighted by atomic mass is 9.91. The van der Waals surface area contributed by atoms with Crippen LogP contribution in [-0.4, -0.2) is 78.5 Å². The Kier molecular flexibility index (Phi) is 6.45. The SMILES string of the molecule is C[C@@]1(O)C[C@H](O)CN(C(=O)c2ccc(OCCCN)cc2)C[C@H]1n1cnc2c(N)ncnc21. The summed E-state index contributed by atoms with van der Waals surface area (Å²) in [6.45, 7) is 2.92. The molecule has 3 aromatic rings. The van der Waals surface area contributed by atoms with Crippen molar-refractivity contribution in [1.29, 1.82) is 0 Å². The molecule has 0 radical (unpaired) electrons. The lowest BCUT2D eigenvalue weighted by Crippen LogP contribution is -2.42. The van der Waals surface area contributed by atoms with Crippen molar-refractivity contribution < 1.29 is 19.7 Å². The molecule has 11 nitrogen and oxygen atoms in total. The lowest BCUT2D eigenvalue weighted by molar-refractivity contribution is -0.0217. The summed E-state index contributed by atoms with van der Waals surface area (Å²) >= 11 is 0. The van der Waals surface area contributed by atoms with Crippen LogP contribution in [0.1, 0.15) is 36.2 Å². The number of nitrogens with two attached hydrogens (primary N) is 2. The number of amides is 1. The lowest BCUT2D eigenvalue weighted by Gasteiger charge is -2.34. The van der Waals surface area contributed by atoms with Gasteiger partial charge in [-0.15, -0.1) is 0 Å². The van der Waals surface area contributed by atoms with Crippen LogP contribution in [0, 0.1) is 0 Å². The molecule has 3 atom stereocenters. The van der Waals surface area contributed by atoms with Crippen LogP contribution in [0.3, 0.4) is 0 Å². The smallest absolute Gasteiger partial charge is 0.254 e. The molecule has 0 spiro atoms. The Balaban J connectivity index is 1.61. The first kappa shape index (κ1) is 22.9. The topological polar surface area (TPSA) is 166 Å². The van der Waals surface area contributed by atoms with Crippen LogP contribution in [0.5, 0.6) is 5.75 Å². The highest BCUT2D eigenvalue weighted by Crippen LogP contribution is 2.34. The molecule has 0 unspecified atom stereocenters. The molecule has 0 aliphatic carbocycles. The normalized spacial score (nSPS) is 23.5. The summed E-state index contributed by atoms with van der Waals surface area (Å²) in [4.78, 5) is 27.4. The molecule has 1 aliphatic rings. The van der Waals surface area contributed by atoms with E-state index in [1.54, 1.807) is 35.8 Å². The van der Waals surface area contributed by atoms with E-state index < -0.39 is 17.7 Å². The number of likely N-dealkylation sites (tertiary alicyclic amines) is 1. The summed E-state index contributed by atoms with van der Waals surface area (Å²) in [5, 5.41) is 21.8. The van der Waals surface area contributed by atoms with Gasteiger partial charge in [0.15, 0.2) is 11.5 Å². The minimum atomic E-state index is -1.33. The third-order valence-corrected chi connectivity index (χ3v) is 5.92. The number of anilines is 1. The third kappa shape index (κ3) is 4.75. The van der Waals surface area contributed by atoms with Crippen LogP contribution in [-0.2, 0) is 0 Å². The van der Waals surface area contributed by atoms with E-state index in [-0.39, 0.29) is 31.2 Å². The summed E-state index contributed by atoms with van der Waals surface area (Å²) < 4.78 is 7.29.